The van der Waals surface area contributed by atoms with Crippen LogP contribution in [0, 0.1) is 16.0 Å². The lowest BCUT2D eigenvalue weighted by molar-refractivity contribution is -0.384. The number of hydrogen-bond donors (Lipinski definition) is 2. The van der Waals surface area contributed by atoms with Crippen molar-refractivity contribution < 1.29 is 9.72 Å². The van der Waals surface area contributed by atoms with Crippen LogP contribution in [0.3, 0.4) is 0 Å². The number of benzene rings is 1. The fraction of sp³-hybridized carbons (Fsp3) is 0.533. The van der Waals surface area contributed by atoms with E-state index in [0.717, 1.165) is 5.56 Å². The number of nitro groups is 1. The summed E-state index contributed by atoms with van der Waals surface area (Å²) in [6.45, 7) is 2.06. The molecule has 1 amide bonds. The first-order valence-corrected chi connectivity index (χ1v) is 7.42. The Morgan fingerprint density at radius 1 is 1.38 bits per heavy atom. The number of carbonyl (C=O) groups excluding carboxylic acids is 1. The van der Waals surface area contributed by atoms with Crippen LogP contribution in [0.4, 0.5) is 17.1 Å². The highest BCUT2D eigenvalue weighted by molar-refractivity contribution is 5.95. The van der Waals surface area contributed by atoms with Crippen molar-refractivity contribution in [1.82, 2.24) is 0 Å². The summed E-state index contributed by atoms with van der Waals surface area (Å²) in [7, 11) is 0. The second kappa shape index (κ2) is 5.35. The average Bonchev–Trinajstić information content (AvgIpc) is 2.35. The molecule has 1 aromatic rings. The molecule has 0 bridgehead atoms. The molecule has 0 saturated heterocycles. The minimum atomic E-state index is -0.355. The van der Waals surface area contributed by atoms with Crippen LogP contribution >= 0.6 is 0 Å². The van der Waals surface area contributed by atoms with Crippen molar-refractivity contribution in [3.05, 3.63) is 27.8 Å². The Morgan fingerprint density at radius 3 is 2.76 bits per heavy atom. The second-order valence-corrected chi connectivity index (χ2v) is 5.96. The molecule has 3 rings (SSSR count). The van der Waals surface area contributed by atoms with E-state index in [9.17, 15) is 14.9 Å². The van der Waals surface area contributed by atoms with Crippen LogP contribution in [0.1, 0.15) is 38.2 Å². The highest BCUT2D eigenvalue weighted by Gasteiger charge is 2.27. The van der Waals surface area contributed by atoms with Crippen molar-refractivity contribution in [2.75, 3.05) is 10.6 Å². The van der Waals surface area contributed by atoms with Crippen molar-refractivity contribution >= 4 is 23.0 Å². The maximum Gasteiger partial charge on any atom is 0.292 e. The molecule has 1 aliphatic carbocycles. The number of rotatable bonds is 4. The van der Waals surface area contributed by atoms with Crippen LogP contribution in [0.15, 0.2) is 12.1 Å². The van der Waals surface area contributed by atoms with Gasteiger partial charge in [0.1, 0.15) is 5.69 Å². The Balaban J connectivity index is 1.91. The third kappa shape index (κ3) is 2.70. The number of nitro benzene ring substituents is 1. The normalized spacial score (nSPS) is 19.2. The SMILES string of the molecule is CC(Nc1cc2c(cc1[N+](=O)[O-])CCC(=O)N2)C1CCC1. The van der Waals surface area contributed by atoms with Crippen LogP contribution in [0.5, 0.6) is 0 Å². The third-order valence-corrected chi connectivity index (χ3v) is 4.55. The van der Waals surface area contributed by atoms with Gasteiger partial charge in [-0.3, -0.25) is 14.9 Å². The molecule has 21 heavy (non-hydrogen) atoms. The van der Waals surface area contributed by atoms with E-state index in [2.05, 4.69) is 17.6 Å². The molecule has 2 N–H and O–H groups in total. The molecular weight excluding hydrogens is 270 g/mol. The van der Waals surface area contributed by atoms with Gasteiger partial charge in [-0.2, -0.15) is 0 Å². The molecule has 0 spiro atoms. The highest BCUT2D eigenvalue weighted by atomic mass is 16.6. The van der Waals surface area contributed by atoms with Crippen LogP contribution in [0.25, 0.3) is 0 Å². The molecule has 1 aromatic carbocycles. The van der Waals surface area contributed by atoms with Gasteiger partial charge >= 0.3 is 0 Å². The fourth-order valence-electron chi connectivity index (χ4n) is 2.99. The largest absolute Gasteiger partial charge is 0.377 e. The fourth-order valence-corrected chi connectivity index (χ4v) is 2.99. The molecule has 6 heteroatoms. The summed E-state index contributed by atoms with van der Waals surface area (Å²) in [6.07, 6.45) is 4.52. The van der Waals surface area contributed by atoms with Gasteiger partial charge in [0.25, 0.3) is 5.69 Å². The summed E-state index contributed by atoms with van der Waals surface area (Å²) in [5, 5.41) is 17.3. The number of fused-ring (bicyclic) bond motifs is 1. The second-order valence-electron chi connectivity index (χ2n) is 5.96. The van der Waals surface area contributed by atoms with Crippen molar-refractivity contribution in [3.63, 3.8) is 0 Å². The van der Waals surface area contributed by atoms with Gasteiger partial charge in [-0.1, -0.05) is 6.42 Å². The predicted octanol–water partition coefficient (Wildman–Crippen LogP) is 3.08. The summed E-state index contributed by atoms with van der Waals surface area (Å²) >= 11 is 0. The summed E-state index contributed by atoms with van der Waals surface area (Å²) < 4.78 is 0. The number of nitrogens with one attached hydrogen (secondary N) is 2. The number of carbonyl (C=O) groups is 1. The smallest absolute Gasteiger partial charge is 0.292 e. The molecule has 6 nitrogen and oxygen atoms in total. The first-order chi connectivity index (χ1) is 10.0. The van der Waals surface area contributed by atoms with Crippen molar-refractivity contribution in [2.24, 2.45) is 5.92 Å². The van der Waals surface area contributed by atoms with Crippen LogP contribution in [0.2, 0.25) is 0 Å². The van der Waals surface area contributed by atoms with E-state index in [1.54, 1.807) is 12.1 Å². The van der Waals surface area contributed by atoms with Crippen molar-refractivity contribution in [3.8, 4) is 0 Å². The Hall–Kier alpha value is -2.11. The number of hydrogen-bond acceptors (Lipinski definition) is 4. The summed E-state index contributed by atoms with van der Waals surface area (Å²) in [4.78, 5) is 22.4. The van der Waals surface area contributed by atoms with E-state index < -0.39 is 0 Å². The van der Waals surface area contributed by atoms with Crippen molar-refractivity contribution in [2.45, 2.75) is 45.1 Å². The van der Waals surface area contributed by atoms with Gasteiger partial charge in [0.05, 0.1) is 4.92 Å². The zero-order valence-electron chi connectivity index (χ0n) is 12.0. The zero-order chi connectivity index (χ0) is 15.0. The lowest BCUT2D eigenvalue weighted by Gasteiger charge is -2.32. The van der Waals surface area contributed by atoms with Gasteiger partial charge in [0.2, 0.25) is 5.91 Å². The monoisotopic (exact) mass is 289 g/mol. The Bertz CT molecular complexity index is 596. The Labute approximate surface area is 123 Å². The molecule has 0 aromatic heterocycles. The van der Waals surface area contributed by atoms with Gasteiger partial charge < -0.3 is 10.6 Å². The first kappa shape index (κ1) is 13.9. The minimum absolute atomic E-state index is 0.0330. The molecule has 1 heterocycles. The molecule has 112 valence electrons. The molecule has 2 aliphatic rings. The van der Waals surface area contributed by atoms with E-state index in [-0.39, 0.29) is 22.6 Å². The molecule has 0 radical (unpaired) electrons. The van der Waals surface area contributed by atoms with Gasteiger partial charge in [0.15, 0.2) is 0 Å². The molecule has 1 aliphatic heterocycles. The van der Waals surface area contributed by atoms with E-state index in [0.29, 0.717) is 30.1 Å². The van der Waals surface area contributed by atoms with Gasteiger partial charge in [-0.05, 0) is 43.7 Å². The summed E-state index contributed by atoms with van der Waals surface area (Å²) in [5.74, 6) is 0.546. The standard InChI is InChI=1S/C15H19N3O3/c1-9(10-3-2-4-10)16-13-8-12-11(5-6-15(19)17-12)7-14(13)18(20)21/h7-10,16H,2-6H2,1H3,(H,17,19). The molecule has 1 atom stereocenters. The molecule has 1 unspecified atom stereocenters. The number of amides is 1. The van der Waals surface area contributed by atoms with E-state index in [4.69, 9.17) is 0 Å². The maximum absolute atomic E-state index is 11.5. The quantitative estimate of drug-likeness (QED) is 0.659. The zero-order valence-corrected chi connectivity index (χ0v) is 12.0. The third-order valence-electron chi connectivity index (χ3n) is 4.55. The van der Waals surface area contributed by atoms with E-state index >= 15 is 0 Å². The van der Waals surface area contributed by atoms with Gasteiger partial charge in [-0.25, -0.2) is 0 Å². The van der Waals surface area contributed by atoms with Crippen LogP contribution < -0.4 is 10.6 Å². The predicted molar refractivity (Wildman–Crippen MR) is 80.5 cm³/mol. The maximum atomic E-state index is 11.5. The minimum Gasteiger partial charge on any atom is -0.377 e. The van der Waals surface area contributed by atoms with Crippen LogP contribution in [-0.4, -0.2) is 16.9 Å². The number of nitrogens with zero attached hydrogens (tertiary/aromatic N) is 1. The van der Waals surface area contributed by atoms with Gasteiger partial charge in [-0.15, -0.1) is 0 Å². The Morgan fingerprint density at radius 2 is 2.14 bits per heavy atom. The Kier molecular flexibility index (Phi) is 3.53. The molecular formula is C15H19N3O3. The number of anilines is 2. The lowest BCUT2D eigenvalue weighted by atomic mass is 9.80. The topological polar surface area (TPSA) is 84.3 Å². The van der Waals surface area contributed by atoms with Crippen molar-refractivity contribution in [1.29, 1.82) is 0 Å². The van der Waals surface area contributed by atoms with Gasteiger partial charge in [0, 0.05) is 24.2 Å². The summed E-state index contributed by atoms with van der Waals surface area (Å²) in [6, 6.07) is 3.50. The highest BCUT2D eigenvalue weighted by Crippen LogP contribution is 2.37. The molecule has 1 saturated carbocycles. The van der Waals surface area contributed by atoms with E-state index in [1.165, 1.54) is 19.3 Å². The summed E-state index contributed by atoms with van der Waals surface area (Å²) in [5.41, 5.74) is 2.12. The number of aryl methyl sites for hydroxylation is 1. The van der Waals surface area contributed by atoms with E-state index in [1.807, 2.05) is 0 Å². The lowest BCUT2D eigenvalue weighted by Crippen LogP contribution is -2.31. The van der Waals surface area contributed by atoms with Crippen LogP contribution in [-0.2, 0) is 11.2 Å². The average molecular weight is 289 g/mol. The first-order valence-electron chi connectivity index (χ1n) is 7.42. The molecule has 1 fully saturated rings.